The molecule has 0 amide bonds. The van der Waals surface area contributed by atoms with Crippen LogP contribution in [0.25, 0.3) is 0 Å². The standard InChI is InChI=1S/C16H29NP.C5H5.Fe/c1-15(2,3)18(16(4,5)6)14(12-17-7)13-10-8-9-11-13;1-2-4-5-3-1;/h8-11,14,17H,12H2,1-7H3;1-5H;/q-1;-5;. The molecule has 0 saturated heterocycles. The molecule has 0 radical (unpaired) electrons. The Kier molecular flexibility index (Phi) is 10.4. The second-order valence-electron chi connectivity index (χ2n) is 7.97. The van der Waals surface area contributed by atoms with Crippen LogP contribution in [0.15, 0.2) is 54.6 Å². The summed E-state index contributed by atoms with van der Waals surface area (Å²) in [5.74, 6) is 0. The van der Waals surface area contributed by atoms with Gasteiger partial charge in [-0.3, -0.25) is 0 Å². The van der Waals surface area contributed by atoms with Crippen LogP contribution >= 0.6 is 7.92 Å². The third kappa shape index (κ3) is 7.66. The van der Waals surface area contributed by atoms with Crippen molar-refractivity contribution in [3.8, 4) is 0 Å². The Labute approximate surface area is 161 Å². The van der Waals surface area contributed by atoms with E-state index in [1.807, 2.05) is 30.3 Å². The molecule has 2 aromatic carbocycles. The predicted octanol–water partition coefficient (Wildman–Crippen LogP) is 6.15. The molecule has 0 fully saturated rings. The maximum Gasteiger partial charge on any atom is 0 e. The van der Waals surface area contributed by atoms with Crippen molar-refractivity contribution in [1.29, 1.82) is 0 Å². The van der Waals surface area contributed by atoms with Gasteiger partial charge in [-0.05, 0) is 29.6 Å². The zero-order valence-electron chi connectivity index (χ0n) is 16.3. The van der Waals surface area contributed by atoms with Crippen molar-refractivity contribution < 1.29 is 17.1 Å². The van der Waals surface area contributed by atoms with E-state index in [2.05, 4.69) is 78.2 Å². The second-order valence-corrected chi connectivity index (χ2v) is 12.0. The van der Waals surface area contributed by atoms with Crippen LogP contribution in [-0.4, -0.2) is 23.9 Å². The van der Waals surface area contributed by atoms with Crippen LogP contribution in [0.1, 0.15) is 52.8 Å². The van der Waals surface area contributed by atoms with Gasteiger partial charge in [-0.1, -0.05) is 49.5 Å². The maximum atomic E-state index is 3.40. The number of nitrogens with one attached hydrogen (secondary N) is 1. The summed E-state index contributed by atoms with van der Waals surface area (Å²) < 4.78 is 0. The average Bonchev–Trinajstić information content (AvgIpc) is 3.11. The van der Waals surface area contributed by atoms with Gasteiger partial charge < -0.3 is 35.6 Å². The quantitative estimate of drug-likeness (QED) is 0.377. The third-order valence-corrected chi connectivity index (χ3v) is 7.78. The van der Waals surface area contributed by atoms with Crippen LogP contribution in [0.4, 0.5) is 0 Å². The summed E-state index contributed by atoms with van der Waals surface area (Å²) in [5.41, 5.74) is 2.14. The minimum Gasteiger partial charge on any atom is -0.748 e. The van der Waals surface area contributed by atoms with Crippen LogP contribution in [0.2, 0.25) is 0 Å². The fraction of sp³-hybridized carbons (Fsp3) is 0.524. The topological polar surface area (TPSA) is 12.0 Å². The SMILES string of the molecule is CNCC([c-]1cccc1)P(C(C)(C)C)C(C)(C)C.[Fe].[cH-]1[cH-][cH-][cH-][cH-]1. The molecule has 0 bridgehead atoms. The summed E-state index contributed by atoms with van der Waals surface area (Å²) in [7, 11) is 1.94. The van der Waals surface area contributed by atoms with E-state index in [-0.39, 0.29) is 25.0 Å². The summed E-state index contributed by atoms with van der Waals surface area (Å²) in [5, 5.41) is 4.13. The van der Waals surface area contributed by atoms with E-state index in [9.17, 15) is 0 Å². The van der Waals surface area contributed by atoms with Gasteiger partial charge in [0.05, 0.1) is 0 Å². The van der Waals surface area contributed by atoms with Crippen LogP contribution in [0, 0.1) is 0 Å². The van der Waals surface area contributed by atoms with Gasteiger partial charge in [-0.15, -0.1) is 5.56 Å². The number of hydrogen-bond donors (Lipinski definition) is 1. The number of likely N-dealkylation sites (N-methyl/N-ethyl adjacent to an activating group) is 1. The summed E-state index contributed by atoms with van der Waals surface area (Å²) in [6.45, 7) is 15.5. The van der Waals surface area contributed by atoms with E-state index in [1.54, 1.807) is 0 Å². The minimum absolute atomic E-state index is 0. The molecular weight excluding hydrogens is 353 g/mol. The fourth-order valence-electron chi connectivity index (χ4n) is 3.42. The minimum atomic E-state index is -0.125. The fourth-order valence-corrected chi connectivity index (χ4v) is 8.14. The molecule has 0 aliphatic rings. The summed E-state index contributed by atoms with van der Waals surface area (Å²) in [6, 6.07) is 18.9. The Morgan fingerprint density at radius 2 is 1.25 bits per heavy atom. The second kappa shape index (κ2) is 10.6. The monoisotopic (exact) mass is 387 g/mol. The predicted molar refractivity (Wildman–Crippen MR) is 107 cm³/mol. The Bertz CT molecular complexity index is 472. The van der Waals surface area contributed by atoms with Crippen LogP contribution < -0.4 is 5.32 Å². The Balaban J connectivity index is 0.000000751. The van der Waals surface area contributed by atoms with E-state index in [0.29, 0.717) is 16.0 Å². The molecule has 0 saturated carbocycles. The summed E-state index contributed by atoms with van der Waals surface area (Å²) >= 11 is 0. The van der Waals surface area contributed by atoms with Gasteiger partial charge in [0.25, 0.3) is 0 Å². The first-order valence-corrected chi connectivity index (χ1v) is 9.91. The van der Waals surface area contributed by atoms with Crippen LogP contribution in [-0.2, 0) is 17.1 Å². The van der Waals surface area contributed by atoms with E-state index >= 15 is 0 Å². The van der Waals surface area contributed by atoms with E-state index < -0.39 is 0 Å². The summed E-state index contributed by atoms with van der Waals surface area (Å²) in [4.78, 5) is 0. The molecule has 3 heteroatoms. The molecule has 1 N–H and O–H groups in total. The molecule has 1 unspecified atom stereocenters. The Morgan fingerprint density at radius 3 is 1.54 bits per heavy atom. The first kappa shape index (κ1) is 23.6. The molecule has 1 atom stereocenters. The smallest absolute Gasteiger partial charge is 0 e. The molecule has 0 spiro atoms. The van der Waals surface area contributed by atoms with Crippen molar-refractivity contribution in [2.45, 2.75) is 57.5 Å². The molecule has 0 aliphatic carbocycles. The molecule has 24 heavy (non-hydrogen) atoms. The molecule has 0 heterocycles. The number of hydrogen-bond acceptors (Lipinski definition) is 1. The Morgan fingerprint density at radius 1 is 0.875 bits per heavy atom. The van der Waals surface area contributed by atoms with Crippen LogP contribution in [0.5, 0.6) is 0 Å². The zero-order chi connectivity index (χ0) is 17.5. The van der Waals surface area contributed by atoms with Crippen LogP contribution in [0.3, 0.4) is 0 Å². The molecule has 142 valence electrons. The average molecular weight is 387 g/mol. The van der Waals surface area contributed by atoms with Gasteiger partial charge in [-0.2, -0.15) is 12.1 Å². The van der Waals surface area contributed by atoms with Crippen molar-refractivity contribution in [1.82, 2.24) is 5.32 Å². The van der Waals surface area contributed by atoms with Crippen molar-refractivity contribution in [2.75, 3.05) is 13.6 Å². The van der Waals surface area contributed by atoms with Gasteiger partial charge in [0, 0.05) is 17.1 Å². The van der Waals surface area contributed by atoms with E-state index in [0.717, 1.165) is 6.54 Å². The largest absolute Gasteiger partial charge is 0.748 e. The van der Waals surface area contributed by atoms with Crippen molar-refractivity contribution >= 4 is 7.92 Å². The molecule has 1 nitrogen and oxygen atoms in total. The normalized spacial score (nSPS) is 13.0. The molecular formula is C21H34FeNP-6. The van der Waals surface area contributed by atoms with Gasteiger partial charge in [0.1, 0.15) is 0 Å². The van der Waals surface area contributed by atoms with E-state index in [1.165, 1.54) is 5.56 Å². The van der Waals surface area contributed by atoms with Gasteiger partial charge in [0.15, 0.2) is 0 Å². The first-order chi connectivity index (χ1) is 10.7. The molecule has 0 aliphatic heterocycles. The van der Waals surface area contributed by atoms with Gasteiger partial charge in [0.2, 0.25) is 0 Å². The zero-order valence-corrected chi connectivity index (χ0v) is 18.3. The summed E-state index contributed by atoms with van der Waals surface area (Å²) in [6.07, 6.45) is 0. The number of rotatable bonds is 4. The van der Waals surface area contributed by atoms with Crippen molar-refractivity contribution in [2.24, 2.45) is 0 Å². The van der Waals surface area contributed by atoms with Crippen molar-refractivity contribution in [3.05, 3.63) is 60.2 Å². The maximum absolute atomic E-state index is 3.40. The molecule has 0 aromatic heterocycles. The Hall–Kier alpha value is -0.391. The van der Waals surface area contributed by atoms with E-state index in [4.69, 9.17) is 0 Å². The van der Waals surface area contributed by atoms with Gasteiger partial charge in [-0.25, -0.2) is 12.1 Å². The first-order valence-electron chi connectivity index (χ1n) is 8.50. The molecule has 2 rings (SSSR count). The van der Waals surface area contributed by atoms with Gasteiger partial charge >= 0.3 is 0 Å². The third-order valence-electron chi connectivity index (χ3n) is 3.78. The molecule has 2 aromatic rings. The van der Waals surface area contributed by atoms with Crippen molar-refractivity contribution in [3.63, 3.8) is 0 Å².